The summed E-state index contributed by atoms with van der Waals surface area (Å²) in [6.07, 6.45) is 4.99. The first kappa shape index (κ1) is 14.5. The molecule has 0 saturated heterocycles. The number of benzene rings is 1. The van der Waals surface area contributed by atoms with E-state index in [2.05, 4.69) is 23.3 Å². The Labute approximate surface area is 128 Å². The maximum absolute atomic E-state index is 12.2. The molecule has 3 rings (SSSR count). The number of fused-ring (bicyclic) bond motifs is 1. The van der Waals surface area contributed by atoms with Crippen molar-refractivity contribution in [2.45, 2.75) is 45.1 Å². The van der Waals surface area contributed by atoms with Gasteiger partial charge in [-0.15, -0.1) is 0 Å². The lowest BCUT2D eigenvalue weighted by atomic mass is 9.83. The van der Waals surface area contributed by atoms with Gasteiger partial charge < -0.3 is 11.1 Å². The van der Waals surface area contributed by atoms with E-state index >= 15 is 0 Å². The van der Waals surface area contributed by atoms with Crippen molar-refractivity contribution in [3.05, 3.63) is 23.8 Å². The third-order valence-electron chi connectivity index (χ3n) is 4.21. The van der Waals surface area contributed by atoms with Gasteiger partial charge >= 0.3 is 0 Å². The van der Waals surface area contributed by atoms with Gasteiger partial charge in [-0.05, 0) is 43.4 Å². The van der Waals surface area contributed by atoms with E-state index in [9.17, 15) is 4.79 Å². The molecule has 2 aromatic rings. The molecular weight excluding hydrogens is 282 g/mol. The van der Waals surface area contributed by atoms with Gasteiger partial charge in [0, 0.05) is 12.5 Å². The van der Waals surface area contributed by atoms with Crippen LogP contribution in [0.15, 0.2) is 18.2 Å². The Hall–Kier alpha value is -1.46. The fourth-order valence-electron chi connectivity index (χ4n) is 2.98. The van der Waals surface area contributed by atoms with Crippen molar-refractivity contribution in [2.24, 2.45) is 11.7 Å². The van der Waals surface area contributed by atoms with Gasteiger partial charge in [-0.2, -0.15) is 0 Å². The zero-order chi connectivity index (χ0) is 14.8. The minimum Gasteiger partial charge on any atom is -0.327 e. The molecule has 3 N–H and O–H groups in total. The van der Waals surface area contributed by atoms with E-state index in [4.69, 9.17) is 5.73 Å². The minimum absolute atomic E-state index is 0.0353. The predicted octanol–water partition coefficient (Wildman–Crippen LogP) is 3.45. The van der Waals surface area contributed by atoms with Crippen LogP contribution >= 0.6 is 11.3 Å². The maximum atomic E-state index is 12.2. The van der Waals surface area contributed by atoms with Crippen LogP contribution in [0.1, 0.15) is 37.7 Å². The summed E-state index contributed by atoms with van der Waals surface area (Å²) in [5.41, 5.74) is 8.25. The molecule has 1 aromatic carbocycles. The van der Waals surface area contributed by atoms with Crippen LogP contribution in [0.2, 0.25) is 0 Å². The first-order valence-corrected chi connectivity index (χ1v) is 8.36. The molecule has 1 aliphatic carbocycles. The largest absolute Gasteiger partial charge is 0.327 e. The number of rotatable bonds is 3. The lowest BCUT2D eigenvalue weighted by molar-refractivity contribution is -0.117. The molecule has 0 aliphatic heterocycles. The van der Waals surface area contributed by atoms with E-state index in [1.807, 2.05) is 12.1 Å². The van der Waals surface area contributed by atoms with Crippen molar-refractivity contribution in [2.75, 3.05) is 5.32 Å². The van der Waals surface area contributed by atoms with Crippen molar-refractivity contribution in [1.82, 2.24) is 4.98 Å². The van der Waals surface area contributed by atoms with E-state index in [-0.39, 0.29) is 11.9 Å². The molecule has 1 fully saturated rings. The molecule has 0 spiro atoms. The topological polar surface area (TPSA) is 68.0 Å². The van der Waals surface area contributed by atoms with Crippen LogP contribution in [0, 0.1) is 12.8 Å². The molecule has 4 nitrogen and oxygen atoms in total. The van der Waals surface area contributed by atoms with E-state index < -0.39 is 0 Å². The number of nitrogens with one attached hydrogen (secondary N) is 1. The zero-order valence-electron chi connectivity index (χ0n) is 12.3. The Kier molecular flexibility index (Phi) is 4.22. The van der Waals surface area contributed by atoms with Gasteiger partial charge in [0.25, 0.3) is 0 Å². The number of hydrogen-bond donors (Lipinski definition) is 2. The lowest BCUT2D eigenvalue weighted by Crippen LogP contribution is -2.35. The Morgan fingerprint density at radius 3 is 3.05 bits per heavy atom. The second-order valence-electron chi connectivity index (χ2n) is 5.95. The van der Waals surface area contributed by atoms with E-state index in [1.165, 1.54) is 29.7 Å². The number of aromatic nitrogens is 1. The molecule has 5 heteroatoms. The minimum atomic E-state index is 0.0353. The monoisotopic (exact) mass is 303 g/mol. The summed E-state index contributed by atoms with van der Waals surface area (Å²) in [5, 5.41) is 3.62. The molecule has 1 saturated carbocycles. The van der Waals surface area contributed by atoms with Gasteiger partial charge in [-0.25, -0.2) is 4.98 Å². The molecule has 2 unspecified atom stereocenters. The van der Waals surface area contributed by atoms with Crippen molar-refractivity contribution in [3.63, 3.8) is 0 Å². The quantitative estimate of drug-likeness (QED) is 0.912. The first-order chi connectivity index (χ1) is 10.1. The Bertz CT molecular complexity index is 652. The van der Waals surface area contributed by atoms with Gasteiger partial charge in [0.2, 0.25) is 5.91 Å². The van der Waals surface area contributed by atoms with Gasteiger partial charge in [-0.1, -0.05) is 30.2 Å². The zero-order valence-corrected chi connectivity index (χ0v) is 13.1. The molecule has 21 heavy (non-hydrogen) atoms. The maximum Gasteiger partial charge on any atom is 0.226 e. The number of hydrogen-bond acceptors (Lipinski definition) is 4. The Morgan fingerprint density at radius 1 is 1.43 bits per heavy atom. The van der Waals surface area contributed by atoms with Crippen LogP contribution in [0.25, 0.3) is 10.2 Å². The second-order valence-corrected chi connectivity index (χ2v) is 6.98. The molecule has 0 radical (unpaired) electrons. The van der Waals surface area contributed by atoms with Crippen LogP contribution in [0.3, 0.4) is 0 Å². The third kappa shape index (κ3) is 3.41. The smallest absolute Gasteiger partial charge is 0.226 e. The fraction of sp³-hybridized carbons (Fsp3) is 0.500. The SMILES string of the molecule is Cc1ccc2nc(NC(=O)CC3CCCCC3N)sc2c1. The summed E-state index contributed by atoms with van der Waals surface area (Å²) in [6.45, 7) is 2.06. The summed E-state index contributed by atoms with van der Waals surface area (Å²) in [5.74, 6) is 0.350. The van der Waals surface area contributed by atoms with Crippen molar-refractivity contribution in [3.8, 4) is 0 Å². The van der Waals surface area contributed by atoms with Crippen LogP contribution in [0.5, 0.6) is 0 Å². The molecule has 2 atom stereocenters. The number of thiazole rings is 1. The molecule has 112 valence electrons. The number of carbonyl (C=O) groups is 1. The standard InChI is InChI=1S/C16H21N3OS/c1-10-6-7-13-14(8-10)21-16(18-13)19-15(20)9-11-4-2-3-5-12(11)17/h6-8,11-12H,2-5,9,17H2,1H3,(H,18,19,20). The summed E-state index contributed by atoms with van der Waals surface area (Å²) in [6, 6.07) is 6.30. The molecule has 1 aromatic heterocycles. The average Bonchev–Trinajstić information content (AvgIpc) is 2.82. The van der Waals surface area contributed by atoms with Gasteiger partial charge in [0.1, 0.15) is 0 Å². The second kappa shape index (κ2) is 6.12. The number of aryl methyl sites for hydroxylation is 1. The highest BCUT2D eigenvalue weighted by molar-refractivity contribution is 7.22. The van der Waals surface area contributed by atoms with Crippen LogP contribution in [-0.4, -0.2) is 16.9 Å². The highest BCUT2D eigenvalue weighted by atomic mass is 32.1. The van der Waals surface area contributed by atoms with Crippen LogP contribution in [0.4, 0.5) is 5.13 Å². The van der Waals surface area contributed by atoms with Crippen molar-refractivity contribution >= 4 is 32.6 Å². The van der Waals surface area contributed by atoms with Gasteiger partial charge in [-0.3, -0.25) is 4.79 Å². The average molecular weight is 303 g/mol. The number of carbonyl (C=O) groups excluding carboxylic acids is 1. The number of nitrogens with two attached hydrogens (primary N) is 1. The number of amides is 1. The van der Waals surface area contributed by atoms with Gasteiger partial charge in [0.05, 0.1) is 10.2 Å². The highest BCUT2D eigenvalue weighted by Crippen LogP contribution is 2.29. The Balaban J connectivity index is 1.65. The van der Waals surface area contributed by atoms with E-state index in [1.54, 1.807) is 0 Å². The summed E-state index contributed by atoms with van der Waals surface area (Å²) < 4.78 is 1.11. The van der Waals surface area contributed by atoms with Crippen LogP contribution < -0.4 is 11.1 Å². The molecule has 1 heterocycles. The summed E-state index contributed by atoms with van der Waals surface area (Å²) >= 11 is 1.53. The first-order valence-electron chi connectivity index (χ1n) is 7.54. The number of nitrogens with zero attached hydrogens (tertiary/aromatic N) is 1. The van der Waals surface area contributed by atoms with Crippen molar-refractivity contribution < 1.29 is 4.79 Å². The predicted molar refractivity (Wildman–Crippen MR) is 87.5 cm³/mol. The Morgan fingerprint density at radius 2 is 2.24 bits per heavy atom. The molecule has 0 bridgehead atoms. The highest BCUT2D eigenvalue weighted by Gasteiger charge is 2.24. The summed E-state index contributed by atoms with van der Waals surface area (Å²) in [7, 11) is 0. The molecular formula is C16H21N3OS. The van der Waals surface area contributed by atoms with E-state index in [0.29, 0.717) is 17.5 Å². The normalized spacial score (nSPS) is 22.4. The third-order valence-corrected chi connectivity index (χ3v) is 5.14. The lowest BCUT2D eigenvalue weighted by Gasteiger charge is -2.27. The number of anilines is 1. The van der Waals surface area contributed by atoms with Gasteiger partial charge in [0.15, 0.2) is 5.13 Å². The molecule has 1 aliphatic rings. The van der Waals surface area contributed by atoms with E-state index in [0.717, 1.165) is 23.1 Å². The van der Waals surface area contributed by atoms with Crippen molar-refractivity contribution in [1.29, 1.82) is 0 Å². The fourth-order valence-corrected chi connectivity index (χ4v) is 3.96. The molecule has 1 amide bonds. The van der Waals surface area contributed by atoms with Crippen LogP contribution in [-0.2, 0) is 4.79 Å². The summed E-state index contributed by atoms with van der Waals surface area (Å²) in [4.78, 5) is 16.6.